The van der Waals surface area contributed by atoms with E-state index < -0.39 is 0 Å². The van der Waals surface area contributed by atoms with E-state index >= 15 is 0 Å². The molecule has 4 aromatic rings. The van der Waals surface area contributed by atoms with E-state index in [0.29, 0.717) is 34.6 Å². The SMILES string of the molecule is Cc1onc(Oc2ccccc2)c1-c1ccnc(Nc2ccc(CCN3CCCCC3)cc2)n1. The fourth-order valence-electron chi connectivity index (χ4n) is 4.22. The third-order valence-electron chi connectivity index (χ3n) is 6.08. The quantitative estimate of drug-likeness (QED) is 0.349. The highest BCUT2D eigenvalue weighted by Gasteiger charge is 2.19. The number of nitrogens with one attached hydrogen (secondary N) is 1. The molecule has 2 aromatic carbocycles. The monoisotopic (exact) mass is 455 g/mol. The summed E-state index contributed by atoms with van der Waals surface area (Å²) in [6.07, 6.45) is 6.82. The van der Waals surface area contributed by atoms with Gasteiger partial charge < -0.3 is 19.5 Å². The number of rotatable bonds is 8. The molecule has 1 N–H and O–H groups in total. The molecule has 0 bridgehead atoms. The van der Waals surface area contributed by atoms with Gasteiger partial charge in [-0.2, -0.15) is 0 Å². The van der Waals surface area contributed by atoms with E-state index in [1.54, 1.807) is 6.20 Å². The summed E-state index contributed by atoms with van der Waals surface area (Å²) in [4.78, 5) is 11.6. The molecule has 1 aliphatic heterocycles. The van der Waals surface area contributed by atoms with Gasteiger partial charge in [-0.05, 0) is 80.3 Å². The fourth-order valence-corrected chi connectivity index (χ4v) is 4.22. The van der Waals surface area contributed by atoms with Crippen molar-refractivity contribution in [3.05, 3.63) is 78.2 Å². The number of aromatic nitrogens is 3. The summed E-state index contributed by atoms with van der Waals surface area (Å²) < 4.78 is 11.3. The Morgan fingerprint density at radius 1 is 0.971 bits per heavy atom. The summed E-state index contributed by atoms with van der Waals surface area (Å²) in [6.45, 7) is 5.44. The van der Waals surface area contributed by atoms with Crippen LogP contribution < -0.4 is 10.1 Å². The smallest absolute Gasteiger partial charge is 0.269 e. The Balaban J connectivity index is 1.26. The van der Waals surface area contributed by atoms with E-state index in [-0.39, 0.29) is 0 Å². The van der Waals surface area contributed by atoms with Crippen LogP contribution in [0, 0.1) is 6.92 Å². The zero-order valence-electron chi connectivity index (χ0n) is 19.4. The van der Waals surface area contributed by atoms with Gasteiger partial charge in [-0.25, -0.2) is 9.97 Å². The molecular formula is C27H29N5O2. The topological polar surface area (TPSA) is 76.3 Å². The Bertz CT molecular complexity index is 1200. The van der Waals surface area contributed by atoms with Crippen molar-refractivity contribution in [1.29, 1.82) is 0 Å². The Morgan fingerprint density at radius 3 is 2.56 bits per heavy atom. The van der Waals surface area contributed by atoms with Gasteiger partial charge >= 0.3 is 0 Å². The van der Waals surface area contributed by atoms with Gasteiger partial charge in [0.2, 0.25) is 5.95 Å². The number of aryl methyl sites for hydroxylation is 1. The summed E-state index contributed by atoms with van der Waals surface area (Å²) in [6, 6.07) is 19.8. The van der Waals surface area contributed by atoms with Crippen molar-refractivity contribution in [3.8, 4) is 22.9 Å². The normalized spacial score (nSPS) is 14.1. The van der Waals surface area contributed by atoms with E-state index in [1.807, 2.05) is 43.3 Å². The predicted octanol–water partition coefficient (Wildman–Crippen LogP) is 6.00. The number of benzene rings is 2. The molecule has 7 heteroatoms. The number of ether oxygens (including phenoxy) is 1. The predicted molar refractivity (Wildman–Crippen MR) is 133 cm³/mol. The van der Waals surface area contributed by atoms with Crippen LogP contribution in [0.15, 0.2) is 71.4 Å². The number of nitrogens with zero attached hydrogens (tertiary/aromatic N) is 4. The second-order valence-corrected chi connectivity index (χ2v) is 8.57. The van der Waals surface area contributed by atoms with Crippen molar-refractivity contribution >= 4 is 11.6 Å². The highest BCUT2D eigenvalue weighted by Crippen LogP contribution is 2.34. The van der Waals surface area contributed by atoms with E-state index in [0.717, 1.165) is 18.7 Å². The van der Waals surface area contributed by atoms with Crippen LogP contribution in [0.25, 0.3) is 11.3 Å². The lowest BCUT2D eigenvalue weighted by molar-refractivity contribution is 0.231. The highest BCUT2D eigenvalue weighted by atomic mass is 16.5. The maximum Gasteiger partial charge on any atom is 0.269 e. The molecule has 3 heterocycles. The van der Waals surface area contributed by atoms with Crippen molar-refractivity contribution in [2.75, 3.05) is 25.0 Å². The summed E-state index contributed by atoms with van der Waals surface area (Å²) in [5.74, 6) is 2.20. The van der Waals surface area contributed by atoms with Crippen LogP contribution in [0.4, 0.5) is 11.6 Å². The number of anilines is 2. The first-order valence-electron chi connectivity index (χ1n) is 11.9. The molecule has 1 fully saturated rings. The lowest BCUT2D eigenvalue weighted by Crippen LogP contribution is -2.31. The molecule has 0 aliphatic carbocycles. The van der Waals surface area contributed by atoms with Crippen LogP contribution in [-0.2, 0) is 6.42 Å². The number of hydrogen-bond acceptors (Lipinski definition) is 7. The largest absolute Gasteiger partial charge is 0.436 e. The van der Waals surface area contributed by atoms with Crippen LogP contribution in [0.5, 0.6) is 11.6 Å². The fraction of sp³-hybridized carbons (Fsp3) is 0.296. The van der Waals surface area contributed by atoms with Crippen molar-refractivity contribution in [3.63, 3.8) is 0 Å². The van der Waals surface area contributed by atoms with Crippen molar-refractivity contribution in [1.82, 2.24) is 20.0 Å². The minimum Gasteiger partial charge on any atom is -0.436 e. The standard InChI is InChI=1S/C27H29N5O2/c1-20-25(26(31-34-20)33-23-8-4-2-5-9-23)24-14-16-28-27(30-24)29-22-12-10-21(11-13-22)15-19-32-17-6-3-7-18-32/h2,4-5,8-14,16H,3,6-7,15,17-19H2,1H3,(H,28,29,30). The average Bonchev–Trinajstić information content (AvgIpc) is 3.24. The number of hydrogen-bond donors (Lipinski definition) is 1. The van der Waals surface area contributed by atoms with E-state index in [9.17, 15) is 0 Å². The first-order chi connectivity index (χ1) is 16.7. The van der Waals surface area contributed by atoms with Gasteiger partial charge in [0.1, 0.15) is 17.1 Å². The lowest BCUT2D eigenvalue weighted by atomic mass is 10.1. The van der Waals surface area contributed by atoms with Gasteiger partial charge in [0.15, 0.2) is 0 Å². The molecule has 0 spiro atoms. The Morgan fingerprint density at radius 2 is 1.76 bits per heavy atom. The molecule has 1 aliphatic rings. The highest BCUT2D eigenvalue weighted by molar-refractivity contribution is 5.68. The molecule has 0 saturated carbocycles. The summed E-state index contributed by atoms with van der Waals surface area (Å²) >= 11 is 0. The van der Waals surface area contributed by atoms with Gasteiger partial charge in [-0.3, -0.25) is 0 Å². The number of likely N-dealkylation sites (tertiary alicyclic amines) is 1. The van der Waals surface area contributed by atoms with Crippen LogP contribution in [0.2, 0.25) is 0 Å². The van der Waals surface area contributed by atoms with Gasteiger partial charge in [-0.1, -0.05) is 36.8 Å². The lowest BCUT2D eigenvalue weighted by Gasteiger charge is -2.26. The van der Waals surface area contributed by atoms with E-state index in [2.05, 4.69) is 49.6 Å². The van der Waals surface area contributed by atoms with Crippen LogP contribution in [-0.4, -0.2) is 39.7 Å². The Kier molecular flexibility index (Phi) is 6.81. The minimum atomic E-state index is 0.381. The summed E-state index contributed by atoms with van der Waals surface area (Å²) in [7, 11) is 0. The molecule has 2 aromatic heterocycles. The molecule has 0 radical (unpaired) electrons. The van der Waals surface area contributed by atoms with Crippen LogP contribution in [0.3, 0.4) is 0 Å². The van der Waals surface area contributed by atoms with Crippen molar-refractivity contribution < 1.29 is 9.26 Å². The Hall–Kier alpha value is -3.71. The molecule has 5 rings (SSSR count). The van der Waals surface area contributed by atoms with Gasteiger partial charge in [-0.15, -0.1) is 0 Å². The number of piperidine rings is 1. The average molecular weight is 456 g/mol. The summed E-state index contributed by atoms with van der Waals surface area (Å²) in [5.41, 5.74) is 3.68. The molecule has 1 saturated heterocycles. The second-order valence-electron chi connectivity index (χ2n) is 8.57. The van der Waals surface area contributed by atoms with Crippen molar-refractivity contribution in [2.45, 2.75) is 32.6 Å². The zero-order valence-corrected chi connectivity index (χ0v) is 19.4. The van der Waals surface area contributed by atoms with Gasteiger partial charge in [0, 0.05) is 18.4 Å². The first-order valence-corrected chi connectivity index (χ1v) is 11.9. The maximum atomic E-state index is 5.93. The summed E-state index contributed by atoms with van der Waals surface area (Å²) in [5, 5.41) is 7.38. The van der Waals surface area contributed by atoms with Crippen LogP contribution >= 0.6 is 0 Å². The minimum absolute atomic E-state index is 0.381. The maximum absolute atomic E-state index is 5.93. The Labute approximate surface area is 199 Å². The van der Waals surface area contributed by atoms with Gasteiger partial charge in [0.05, 0.1) is 5.69 Å². The van der Waals surface area contributed by atoms with Gasteiger partial charge in [0.25, 0.3) is 5.88 Å². The third-order valence-corrected chi connectivity index (χ3v) is 6.08. The van der Waals surface area contributed by atoms with Crippen LogP contribution in [0.1, 0.15) is 30.6 Å². The van der Waals surface area contributed by atoms with Crippen molar-refractivity contribution in [2.24, 2.45) is 0 Å². The molecule has 7 nitrogen and oxygen atoms in total. The molecular weight excluding hydrogens is 426 g/mol. The molecule has 0 atom stereocenters. The zero-order chi connectivity index (χ0) is 23.2. The number of para-hydroxylation sites is 1. The first kappa shape index (κ1) is 22.1. The third kappa shape index (κ3) is 5.43. The molecule has 34 heavy (non-hydrogen) atoms. The molecule has 0 unspecified atom stereocenters. The second kappa shape index (κ2) is 10.5. The molecule has 174 valence electrons. The molecule has 0 amide bonds. The van der Waals surface area contributed by atoms with E-state index in [4.69, 9.17) is 9.26 Å². The van der Waals surface area contributed by atoms with E-state index in [1.165, 1.54) is 37.9 Å².